The number of hydrogen-bond acceptors (Lipinski definition) is 6. The Hall–Kier alpha value is -0.660. The van der Waals surface area contributed by atoms with E-state index >= 15 is 0 Å². The maximum absolute atomic E-state index is 11.6. The molecule has 0 aliphatic heterocycles. The van der Waals surface area contributed by atoms with Gasteiger partial charge in [0.1, 0.15) is 0 Å². The Morgan fingerprint density at radius 1 is 1.35 bits per heavy atom. The van der Waals surface area contributed by atoms with Crippen LogP contribution < -0.4 is 5.73 Å². The van der Waals surface area contributed by atoms with E-state index in [1.54, 1.807) is 0 Å². The molecule has 0 saturated heterocycles. The third-order valence-electron chi connectivity index (χ3n) is 2.26. The molecular formula is C10H21NO5S. The van der Waals surface area contributed by atoms with Gasteiger partial charge in [-0.2, -0.15) is 0 Å². The van der Waals surface area contributed by atoms with E-state index in [2.05, 4.69) is 4.74 Å². The topological polar surface area (TPSA) is 95.7 Å². The highest BCUT2D eigenvalue weighted by atomic mass is 32.2. The number of methoxy groups -OCH3 is 1. The van der Waals surface area contributed by atoms with E-state index in [1.165, 1.54) is 7.11 Å². The molecule has 6 nitrogen and oxygen atoms in total. The maximum Gasteiger partial charge on any atom is 0.306 e. The van der Waals surface area contributed by atoms with Gasteiger partial charge in [-0.25, -0.2) is 8.42 Å². The van der Waals surface area contributed by atoms with E-state index < -0.39 is 15.8 Å². The van der Waals surface area contributed by atoms with Crippen molar-refractivity contribution in [3.8, 4) is 0 Å². The summed E-state index contributed by atoms with van der Waals surface area (Å²) in [6, 6.07) is 0. The van der Waals surface area contributed by atoms with Gasteiger partial charge in [-0.05, 0) is 13.3 Å². The number of carbonyl (C=O) groups is 1. The first-order valence-electron chi connectivity index (χ1n) is 5.54. The number of rotatable bonds is 9. The van der Waals surface area contributed by atoms with E-state index in [0.29, 0.717) is 19.6 Å². The van der Waals surface area contributed by atoms with E-state index in [0.717, 1.165) is 0 Å². The monoisotopic (exact) mass is 267 g/mol. The van der Waals surface area contributed by atoms with Crippen molar-refractivity contribution in [1.29, 1.82) is 0 Å². The van der Waals surface area contributed by atoms with Gasteiger partial charge in [0.15, 0.2) is 9.84 Å². The number of nitrogens with two attached hydrogens (primary N) is 1. The smallest absolute Gasteiger partial charge is 0.306 e. The average molecular weight is 267 g/mol. The fourth-order valence-corrected chi connectivity index (χ4v) is 2.56. The van der Waals surface area contributed by atoms with Gasteiger partial charge in [-0.3, -0.25) is 4.79 Å². The van der Waals surface area contributed by atoms with Crippen LogP contribution in [-0.2, 0) is 24.1 Å². The van der Waals surface area contributed by atoms with Crippen LogP contribution in [0.15, 0.2) is 0 Å². The summed E-state index contributed by atoms with van der Waals surface area (Å²) in [7, 11) is -2.02. The minimum Gasteiger partial charge on any atom is -0.469 e. The molecule has 1 atom stereocenters. The van der Waals surface area contributed by atoms with E-state index in [9.17, 15) is 13.2 Å². The van der Waals surface area contributed by atoms with Gasteiger partial charge in [0.25, 0.3) is 0 Å². The highest BCUT2D eigenvalue weighted by Gasteiger charge is 2.16. The number of sulfone groups is 1. The van der Waals surface area contributed by atoms with Crippen molar-refractivity contribution in [2.24, 2.45) is 5.73 Å². The first kappa shape index (κ1) is 16.3. The molecule has 0 aliphatic carbocycles. The van der Waals surface area contributed by atoms with Crippen molar-refractivity contribution in [2.45, 2.75) is 25.9 Å². The summed E-state index contributed by atoms with van der Waals surface area (Å²) >= 11 is 0. The molecule has 0 bridgehead atoms. The molecule has 2 N–H and O–H groups in total. The Morgan fingerprint density at radius 2 is 2.00 bits per heavy atom. The summed E-state index contributed by atoms with van der Waals surface area (Å²) in [5, 5.41) is 0. The number of carbonyl (C=O) groups excluding carboxylic acids is 1. The van der Waals surface area contributed by atoms with Gasteiger partial charge < -0.3 is 15.2 Å². The third kappa shape index (κ3) is 8.12. The lowest BCUT2D eigenvalue weighted by Crippen LogP contribution is -2.27. The average Bonchev–Trinajstić information content (AvgIpc) is 2.31. The van der Waals surface area contributed by atoms with Crippen LogP contribution in [0.5, 0.6) is 0 Å². The molecule has 0 amide bonds. The molecule has 0 saturated carbocycles. The summed E-state index contributed by atoms with van der Waals surface area (Å²) < 4.78 is 32.8. The van der Waals surface area contributed by atoms with Crippen molar-refractivity contribution in [3.63, 3.8) is 0 Å². The van der Waals surface area contributed by atoms with Crippen LogP contribution in [0.3, 0.4) is 0 Å². The van der Waals surface area contributed by atoms with Crippen LogP contribution in [0.25, 0.3) is 0 Å². The lowest BCUT2D eigenvalue weighted by atomic mass is 10.3. The molecule has 17 heavy (non-hydrogen) atoms. The first-order chi connectivity index (χ1) is 7.95. The quantitative estimate of drug-likeness (QED) is 0.577. The van der Waals surface area contributed by atoms with Gasteiger partial charge in [0.05, 0.1) is 31.1 Å². The zero-order valence-electron chi connectivity index (χ0n) is 10.3. The molecule has 1 unspecified atom stereocenters. The third-order valence-corrected chi connectivity index (χ3v) is 3.94. The normalized spacial score (nSPS) is 13.4. The summed E-state index contributed by atoms with van der Waals surface area (Å²) in [5.41, 5.74) is 5.44. The van der Waals surface area contributed by atoms with Crippen LogP contribution in [0.2, 0.25) is 0 Å². The number of hydrogen-bond donors (Lipinski definition) is 1. The molecule has 0 fully saturated rings. The van der Waals surface area contributed by atoms with Crippen molar-refractivity contribution in [2.75, 3.05) is 31.8 Å². The molecule has 7 heteroatoms. The standard InChI is InChI=1S/C10H21NO5S/c1-3-16-9(8-11)4-6-17(13,14)7-5-10(12)15-2/h9H,3-8,11H2,1-2H3. The molecular weight excluding hydrogens is 246 g/mol. The minimum absolute atomic E-state index is 0.0220. The second-order valence-electron chi connectivity index (χ2n) is 3.58. The number of ether oxygens (including phenoxy) is 2. The Kier molecular flexibility index (Phi) is 8.11. The van der Waals surface area contributed by atoms with Crippen LogP contribution in [-0.4, -0.2) is 52.3 Å². The molecule has 0 radical (unpaired) electrons. The molecule has 0 aromatic heterocycles. The van der Waals surface area contributed by atoms with Crippen molar-refractivity contribution in [1.82, 2.24) is 0 Å². The van der Waals surface area contributed by atoms with Crippen LogP contribution >= 0.6 is 0 Å². The number of esters is 1. The molecule has 0 aromatic carbocycles. The molecule has 0 rings (SSSR count). The first-order valence-corrected chi connectivity index (χ1v) is 7.36. The highest BCUT2D eigenvalue weighted by molar-refractivity contribution is 7.91. The van der Waals surface area contributed by atoms with Crippen molar-refractivity contribution < 1.29 is 22.7 Å². The van der Waals surface area contributed by atoms with Crippen LogP contribution in [0.4, 0.5) is 0 Å². The zero-order chi connectivity index (χ0) is 13.3. The van der Waals surface area contributed by atoms with Crippen molar-refractivity contribution in [3.05, 3.63) is 0 Å². The Morgan fingerprint density at radius 3 is 2.47 bits per heavy atom. The van der Waals surface area contributed by atoms with E-state index in [1.807, 2.05) is 6.92 Å². The second kappa shape index (κ2) is 8.43. The maximum atomic E-state index is 11.6. The molecule has 0 aliphatic rings. The van der Waals surface area contributed by atoms with Crippen LogP contribution in [0.1, 0.15) is 19.8 Å². The zero-order valence-corrected chi connectivity index (χ0v) is 11.2. The molecule has 102 valence electrons. The summed E-state index contributed by atoms with van der Waals surface area (Å²) in [6.45, 7) is 2.62. The van der Waals surface area contributed by atoms with Crippen molar-refractivity contribution >= 4 is 15.8 Å². The van der Waals surface area contributed by atoms with E-state index in [4.69, 9.17) is 10.5 Å². The van der Waals surface area contributed by atoms with Gasteiger partial charge in [0, 0.05) is 13.2 Å². The van der Waals surface area contributed by atoms with Gasteiger partial charge in [-0.15, -0.1) is 0 Å². The predicted octanol–water partition coefficient (Wildman–Crippen LogP) is -0.282. The van der Waals surface area contributed by atoms with Crippen LogP contribution in [0, 0.1) is 0 Å². The minimum atomic E-state index is -3.25. The van der Waals surface area contributed by atoms with Gasteiger partial charge >= 0.3 is 5.97 Å². The fourth-order valence-electron chi connectivity index (χ4n) is 1.26. The van der Waals surface area contributed by atoms with Gasteiger partial charge in [-0.1, -0.05) is 0 Å². The van der Waals surface area contributed by atoms with Gasteiger partial charge in [0.2, 0.25) is 0 Å². The fraction of sp³-hybridized carbons (Fsp3) is 0.900. The molecule has 0 spiro atoms. The largest absolute Gasteiger partial charge is 0.469 e. The Bertz CT molecular complexity index is 315. The Labute approximate surface area is 102 Å². The Balaban J connectivity index is 4.04. The summed E-state index contributed by atoms with van der Waals surface area (Å²) in [4.78, 5) is 10.8. The lowest BCUT2D eigenvalue weighted by Gasteiger charge is -2.14. The van der Waals surface area contributed by atoms with E-state index in [-0.39, 0.29) is 24.0 Å². The molecule has 0 heterocycles. The second-order valence-corrected chi connectivity index (χ2v) is 5.88. The SMILES string of the molecule is CCOC(CN)CCS(=O)(=O)CCC(=O)OC. The summed E-state index contributed by atoms with van der Waals surface area (Å²) in [5.74, 6) is -0.733. The lowest BCUT2D eigenvalue weighted by molar-refractivity contribution is -0.140. The molecule has 0 aromatic rings. The highest BCUT2D eigenvalue weighted by Crippen LogP contribution is 2.03. The predicted molar refractivity (Wildman–Crippen MR) is 64.4 cm³/mol. The summed E-state index contributed by atoms with van der Waals surface area (Å²) in [6.07, 6.45) is 0.00197.